The van der Waals surface area contributed by atoms with Gasteiger partial charge in [-0.2, -0.15) is 0 Å². The Morgan fingerprint density at radius 2 is 1.54 bits per heavy atom. The van der Waals surface area contributed by atoms with Crippen LogP contribution < -0.4 is 0 Å². The predicted octanol–water partition coefficient (Wildman–Crippen LogP) is 4.05. The lowest BCUT2D eigenvalue weighted by atomic mass is 9.76. The number of carbonyl (C=O) groups excluding carboxylic acids is 1. The van der Waals surface area contributed by atoms with Crippen LogP contribution in [0, 0.1) is 5.41 Å². The summed E-state index contributed by atoms with van der Waals surface area (Å²) in [4.78, 5) is 14.3. The highest BCUT2D eigenvalue weighted by Gasteiger charge is 2.44. The highest BCUT2D eigenvalue weighted by molar-refractivity contribution is 5.70. The summed E-state index contributed by atoms with van der Waals surface area (Å²) in [6.45, 7) is 6.29. The van der Waals surface area contributed by atoms with Gasteiger partial charge >= 0.3 is 5.97 Å². The minimum atomic E-state index is -0.0874. The summed E-state index contributed by atoms with van der Waals surface area (Å²) in [6, 6.07) is 21.4. The van der Waals surface area contributed by atoms with Crippen LogP contribution >= 0.6 is 0 Å². The van der Waals surface area contributed by atoms with Crippen molar-refractivity contribution in [2.75, 3.05) is 19.7 Å². The van der Waals surface area contributed by atoms with E-state index in [4.69, 9.17) is 4.74 Å². The lowest BCUT2D eigenvalue weighted by Crippen LogP contribution is -2.56. The SMILES string of the molecule is CCOC(=O)CC1(C)CN(C(c2ccccc2)c2ccccc2)C1. The quantitative estimate of drug-likeness (QED) is 0.751. The monoisotopic (exact) mass is 323 g/mol. The van der Waals surface area contributed by atoms with Gasteiger partial charge in [0, 0.05) is 18.5 Å². The third-order valence-electron chi connectivity index (χ3n) is 4.64. The summed E-state index contributed by atoms with van der Waals surface area (Å²) in [5.74, 6) is -0.0874. The van der Waals surface area contributed by atoms with E-state index in [1.165, 1.54) is 11.1 Å². The van der Waals surface area contributed by atoms with Crippen LogP contribution in [0.3, 0.4) is 0 Å². The number of ether oxygens (including phenoxy) is 1. The summed E-state index contributed by atoms with van der Waals surface area (Å²) in [6.07, 6.45) is 0.494. The molecule has 0 bridgehead atoms. The van der Waals surface area contributed by atoms with Crippen LogP contribution in [0.25, 0.3) is 0 Å². The smallest absolute Gasteiger partial charge is 0.306 e. The lowest BCUT2D eigenvalue weighted by Gasteiger charge is -2.51. The number of carbonyl (C=O) groups is 1. The number of likely N-dealkylation sites (tertiary alicyclic amines) is 1. The van der Waals surface area contributed by atoms with Crippen molar-refractivity contribution < 1.29 is 9.53 Å². The maximum Gasteiger partial charge on any atom is 0.306 e. The topological polar surface area (TPSA) is 29.5 Å². The van der Waals surface area contributed by atoms with E-state index >= 15 is 0 Å². The summed E-state index contributed by atoms with van der Waals surface area (Å²) in [5, 5.41) is 0. The fourth-order valence-corrected chi connectivity index (χ4v) is 3.67. The van der Waals surface area contributed by atoms with Gasteiger partial charge in [0.15, 0.2) is 0 Å². The molecular weight excluding hydrogens is 298 g/mol. The second kappa shape index (κ2) is 7.18. The van der Waals surface area contributed by atoms with Crippen molar-refractivity contribution in [2.45, 2.75) is 26.3 Å². The Kier molecular flexibility index (Phi) is 5.00. The molecule has 0 unspecified atom stereocenters. The molecule has 0 saturated carbocycles. The van der Waals surface area contributed by atoms with Gasteiger partial charge in [-0.1, -0.05) is 67.6 Å². The molecule has 24 heavy (non-hydrogen) atoms. The summed E-state index contributed by atoms with van der Waals surface area (Å²) in [7, 11) is 0. The Labute approximate surface area is 144 Å². The van der Waals surface area contributed by atoms with Crippen LogP contribution in [0.2, 0.25) is 0 Å². The average molecular weight is 323 g/mol. The van der Waals surface area contributed by atoms with Crippen molar-refractivity contribution in [1.82, 2.24) is 4.90 Å². The first-order valence-corrected chi connectivity index (χ1v) is 8.61. The fraction of sp³-hybridized carbons (Fsp3) is 0.381. The molecule has 0 aliphatic carbocycles. The van der Waals surface area contributed by atoms with E-state index in [0.717, 1.165) is 13.1 Å². The first-order chi connectivity index (χ1) is 11.6. The second-order valence-electron chi connectivity index (χ2n) is 6.92. The number of esters is 1. The molecule has 3 heteroatoms. The molecule has 3 rings (SSSR count). The van der Waals surface area contributed by atoms with E-state index in [1.807, 2.05) is 19.1 Å². The molecule has 0 amide bonds. The molecule has 0 aromatic heterocycles. The second-order valence-corrected chi connectivity index (χ2v) is 6.92. The van der Waals surface area contributed by atoms with Gasteiger partial charge in [0.2, 0.25) is 0 Å². The molecule has 1 fully saturated rings. The zero-order chi connectivity index (χ0) is 17.0. The molecule has 1 aliphatic heterocycles. The number of rotatable bonds is 6. The van der Waals surface area contributed by atoms with Gasteiger partial charge in [0.1, 0.15) is 0 Å². The molecule has 3 nitrogen and oxygen atoms in total. The van der Waals surface area contributed by atoms with Crippen LogP contribution in [0.1, 0.15) is 37.4 Å². The molecule has 0 N–H and O–H groups in total. The van der Waals surface area contributed by atoms with Gasteiger partial charge in [-0.25, -0.2) is 0 Å². The molecular formula is C21H25NO2. The van der Waals surface area contributed by atoms with Gasteiger partial charge in [-0.15, -0.1) is 0 Å². The van der Waals surface area contributed by atoms with Crippen molar-refractivity contribution in [3.63, 3.8) is 0 Å². The van der Waals surface area contributed by atoms with Crippen molar-refractivity contribution >= 4 is 5.97 Å². The van der Waals surface area contributed by atoms with Crippen LogP contribution in [0.5, 0.6) is 0 Å². The van der Waals surface area contributed by atoms with E-state index in [0.29, 0.717) is 13.0 Å². The van der Waals surface area contributed by atoms with Crippen LogP contribution in [-0.4, -0.2) is 30.6 Å². The van der Waals surface area contributed by atoms with E-state index in [2.05, 4.69) is 60.4 Å². The van der Waals surface area contributed by atoms with E-state index in [1.54, 1.807) is 0 Å². The van der Waals surface area contributed by atoms with Crippen molar-refractivity contribution in [3.05, 3.63) is 71.8 Å². The molecule has 1 heterocycles. The van der Waals surface area contributed by atoms with Crippen LogP contribution in [0.4, 0.5) is 0 Å². The van der Waals surface area contributed by atoms with Crippen molar-refractivity contribution in [3.8, 4) is 0 Å². The first kappa shape index (κ1) is 16.7. The third kappa shape index (κ3) is 3.68. The molecule has 126 valence electrons. The molecule has 0 atom stereocenters. The summed E-state index contributed by atoms with van der Waals surface area (Å²) >= 11 is 0. The van der Waals surface area contributed by atoms with Gasteiger partial charge < -0.3 is 4.74 Å². The minimum absolute atomic E-state index is 0.00800. The standard InChI is InChI=1S/C21H25NO2/c1-3-24-19(23)14-21(2)15-22(16-21)20(17-10-6-4-7-11-17)18-12-8-5-9-13-18/h4-13,20H,3,14-16H2,1-2H3. The largest absolute Gasteiger partial charge is 0.466 e. The summed E-state index contributed by atoms with van der Waals surface area (Å²) in [5.41, 5.74) is 2.59. The molecule has 1 aliphatic rings. The number of hydrogen-bond acceptors (Lipinski definition) is 3. The normalized spacial score (nSPS) is 16.6. The molecule has 1 saturated heterocycles. The third-order valence-corrected chi connectivity index (χ3v) is 4.64. The fourth-order valence-electron chi connectivity index (χ4n) is 3.67. The van der Waals surface area contributed by atoms with Gasteiger partial charge in [-0.05, 0) is 18.1 Å². The number of benzene rings is 2. The summed E-state index contributed by atoms with van der Waals surface area (Å²) < 4.78 is 5.12. The Balaban J connectivity index is 1.76. The van der Waals surface area contributed by atoms with E-state index in [-0.39, 0.29) is 17.4 Å². The van der Waals surface area contributed by atoms with E-state index in [9.17, 15) is 4.79 Å². The Hall–Kier alpha value is -2.13. The zero-order valence-corrected chi connectivity index (χ0v) is 14.4. The van der Waals surface area contributed by atoms with Gasteiger partial charge in [-0.3, -0.25) is 9.69 Å². The van der Waals surface area contributed by atoms with Crippen molar-refractivity contribution in [2.24, 2.45) is 5.41 Å². The molecule has 2 aromatic rings. The molecule has 2 aromatic carbocycles. The first-order valence-electron chi connectivity index (χ1n) is 8.61. The van der Waals surface area contributed by atoms with E-state index < -0.39 is 0 Å². The van der Waals surface area contributed by atoms with Crippen LogP contribution in [0.15, 0.2) is 60.7 Å². The van der Waals surface area contributed by atoms with Gasteiger partial charge in [0.05, 0.1) is 19.1 Å². The Bertz CT molecular complexity index is 623. The minimum Gasteiger partial charge on any atom is -0.466 e. The zero-order valence-electron chi connectivity index (χ0n) is 14.4. The Morgan fingerprint density at radius 1 is 1.04 bits per heavy atom. The Morgan fingerprint density at radius 3 is 2.00 bits per heavy atom. The number of hydrogen-bond donors (Lipinski definition) is 0. The molecule has 0 radical (unpaired) electrons. The average Bonchev–Trinajstić information content (AvgIpc) is 2.56. The lowest BCUT2D eigenvalue weighted by molar-refractivity contribution is -0.149. The van der Waals surface area contributed by atoms with Crippen molar-refractivity contribution in [1.29, 1.82) is 0 Å². The number of nitrogens with zero attached hydrogens (tertiary/aromatic N) is 1. The predicted molar refractivity (Wildman–Crippen MR) is 95.7 cm³/mol. The molecule has 0 spiro atoms. The highest BCUT2D eigenvalue weighted by atomic mass is 16.5. The highest BCUT2D eigenvalue weighted by Crippen LogP contribution is 2.41. The maximum absolute atomic E-state index is 11.8. The van der Waals surface area contributed by atoms with Gasteiger partial charge in [0.25, 0.3) is 0 Å². The van der Waals surface area contributed by atoms with Crippen LogP contribution in [-0.2, 0) is 9.53 Å². The maximum atomic E-state index is 11.8.